The third-order valence-corrected chi connectivity index (χ3v) is 9.98. The van der Waals surface area contributed by atoms with Crippen molar-refractivity contribution in [1.82, 2.24) is 14.9 Å². The van der Waals surface area contributed by atoms with Crippen LogP contribution < -0.4 is 9.64 Å². The molecule has 6 heteroatoms. The molecule has 0 spiro atoms. The Morgan fingerprint density at radius 3 is 2.65 bits per heavy atom. The van der Waals surface area contributed by atoms with Crippen molar-refractivity contribution >= 4 is 17.1 Å². The minimum atomic E-state index is 0.278. The van der Waals surface area contributed by atoms with Gasteiger partial charge in [-0.15, -0.1) is 0 Å². The lowest BCUT2D eigenvalue weighted by molar-refractivity contribution is 0.256. The Morgan fingerprint density at radius 1 is 1.09 bits per heavy atom. The van der Waals surface area contributed by atoms with Crippen LogP contribution in [0.2, 0.25) is 0 Å². The third-order valence-electron chi connectivity index (χ3n) is 9.98. The molecule has 0 saturated carbocycles. The first-order valence-electron chi connectivity index (χ1n) is 16.4. The first-order chi connectivity index (χ1) is 20.6. The lowest BCUT2D eigenvalue weighted by atomic mass is 9.74. The van der Waals surface area contributed by atoms with Gasteiger partial charge in [-0.05, 0) is 120 Å². The van der Waals surface area contributed by atoms with Crippen LogP contribution in [0.25, 0.3) is 11.1 Å². The summed E-state index contributed by atoms with van der Waals surface area (Å²) in [6.45, 7) is 20.5. The van der Waals surface area contributed by atoms with Crippen molar-refractivity contribution in [3.63, 3.8) is 0 Å². The van der Waals surface area contributed by atoms with Gasteiger partial charge in [0.05, 0.1) is 23.6 Å². The standard InChI is InChI=1S/C37H49N5O/c1-8-24(2)39-33-20-29(22-38-26(33)4)28-11-12-34-30(19-28)23-42(17-18-43-34)36-25(3)35(27(5)41-15-9-10-16-41)40-32-13-14-37(6,7)21-31(32)36/h11-12,19-20,22,27H,8-10,13-18,21,23H2,1-7H3. The second-order valence-corrected chi connectivity index (χ2v) is 13.8. The zero-order valence-electron chi connectivity index (χ0n) is 27.4. The number of pyridine rings is 2. The highest BCUT2D eigenvalue weighted by molar-refractivity contribution is 5.85. The lowest BCUT2D eigenvalue weighted by Gasteiger charge is -2.37. The van der Waals surface area contributed by atoms with Crippen molar-refractivity contribution in [1.29, 1.82) is 0 Å². The number of fused-ring (bicyclic) bond motifs is 2. The zero-order valence-corrected chi connectivity index (χ0v) is 27.4. The highest BCUT2D eigenvalue weighted by Gasteiger charge is 2.34. The monoisotopic (exact) mass is 579 g/mol. The first kappa shape index (κ1) is 29.8. The first-order valence-corrected chi connectivity index (χ1v) is 16.4. The summed E-state index contributed by atoms with van der Waals surface area (Å²) in [4.78, 5) is 20.2. The highest BCUT2D eigenvalue weighted by Crippen LogP contribution is 2.44. The molecule has 0 bridgehead atoms. The number of hydrogen-bond donors (Lipinski definition) is 0. The summed E-state index contributed by atoms with van der Waals surface area (Å²) in [5.74, 6) is 0.984. The van der Waals surface area contributed by atoms with E-state index < -0.39 is 0 Å². The Morgan fingerprint density at radius 2 is 1.88 bits per heavy atom. The summed E-state index contributed by atoms with van der Waals surface area (Å²) in [6, 6.07) is 9.13. The molecule has 3 aromatic rings. The number of aryl methyl sites for hydroxylation is 2. The molecule has 0 radical (unpaired) electrons. The predicted molar refractivity (Wildman–Crippen MR) is 178 cm³/mol. The number of aromatic nitrogens is 2. The summed E-state index contributed by atoms with van der Waals surface area (Å²) in [7, 11) is 0. The fourth-order valence-electron chi connectivity index (χ4n) is 7.18. The van der Waals surface area contributed by atoms with E-state index in [2.05, 4.69) is 75.6 Å². The van der Waals surface area contributed by atoms with E-state index in [-0.39, 0.29) is 5.41 Å². The van der Waals surface area contributed by atoms with Crippen molar-refractivity contribution in [2.45, 2.75) is 99.6 Å². The van der Waals surface area contributed by atoms with Gasteiger partial charge in [0.25, 0.3) is 0 Å². The minimum Gasteiger partial charge on any atom is -0.491 e. The van der Waals surface area contributed by atoms with E-state index in [1.165, 1.54) is 66.1 Å². The summed E-state index contributed by atoms with van der Waals surface area (Å²) < 4.78 is 6.38. The van der Waals surface area contributed by atoms with Gasteiger partial charge in [0.15, 0.2) is 0 Å². The number of ether oxygens (including phenoxy) is 1. The van der Waals surface area contributed by atoms with E-state index in [0.717, 1.165) is 66.3 Å². The van der Waals surface area contributed by atoms with Crippen molar-refractivity contribution in [2.75, 3.05) is 31.1 Å². The molecule has 1 saturated heterocycles. The van der Waals surface area contributed by atoms with Crippen LogP contribution in [-0.4, -0.2) is 46.8 Å². The Kier molecular flexibility index (Phi) is 8.34. The SMILES string of the molecule is CCC(C)=Nc1cc(-c2ccc3c(c2)CN(c2c(C)c(C(C)N4CCCC4)nc4c2CC(C)(C)CC4)CCO3)cnc1C. The molecule has 1 aliphatic carbocycles. The number of rotatable bonds is 6. The Hall–Kier alpha value is -3.25. The van der Waals surface area contributed by atoms with E-state index in [1.807, 2.05) is 13.1 Å². The van der Waals surface area contributed by atoms with Gasteiger partial charge in [0, 0.05) is 47.0 Å². The fourth-order valence-corrected chi connectivity index (χ4v) is 7.18. The lowest BCUT2D eigenvalue weighted by Crippen LogP contribution is -2.33. The summed E-state index contributed by atoms with van der Waals surface area (Å²) >= 11 is 0. The predicted octanol–water partition coefficient (Wildman–Crippen LogP) is 8.33. The van der Waals surface area contributed by atoms with Gasteiger partial charge in [0.1, 0.15) is 12.4 Å². The van der Waals surface area contributed by atoms with Crippen LogP contribution >= 0.6 is 0 Å². The fraction of sp³-hybridized carbons (Fsp3) is 0.541. The number of anilines is 1. The quantitative estimate of drug-likeness (QED) is 0.275. The number of likely N-dealkylation sites (tertiary alicyclic amines) is 1. The van der Waals surface area contributed by atoms with Gasteiger partial charge in [0.2, 0.25) is 0 Å². The molecule has 2 aromatic heterocycles. The van der Waals surface area contributed by atoms with E-state index in [9.17, 15) is 0 Å². The average Bonchev–Trinajstić information content (AvgIpc) is 3.45. The van der Waals surface area contributed by atoms with E-state index in [0.29, 0.717) is 12.6 Å². The molecule has 228 valence electrons. The van der Waals surface area contributed by atoms with Crippen LogP contribution in [0.15, 0.2) is 35.5 Å². The van der Waals surface area contributed by atoms with Gasteiger partial charge in [-0.2, -0.15) is 0 Å². The number of hydrogen-bond acceptors (Lipinski definition) is 6. The second kappa shape index (κ2) is 12.0. The van der Waals surface area contributed by atoms with Gasteiger partial charge >= 0.3 is 0 Å². The van der Waals surface area contributed by atoms with Gasteiger partial charge in [-0.3, -0.25) is 19.9 Å². The molecule has 1 atom stereocenters. The maximum atomic E-state index is 6.38. The van der Waals surface area contributed by atoms with Crippen LogP contribution in [0.3, 0.4) is 0 Å². The molecular formula is C37H49N5O. The molecule has 3 aliphatic rings. The second-order valence-electron chi connectivity index (χ2n) is 13.8. The van der Waals surface area contributed by atoms with Crippen LogP contribution in [0, 0.1) is 19.3 Å². The smallest absolute Gasteiger partial charge is 0.124 e. The average molecular weight is 580 g/mol. The van der Waals surface area contributed by atoms with Crippen LogP contribution in [0.1, 0.15) is 100 Å². The van der Waals surface area contributed by atoms with Crippen LogP contribution in [-0.2, 0) is 19.4 Å². The van der Waals surface area contributed by atoms with Crippen molar-refractivity contribution in [3.05, 3.63) is 64.2 Å². The summed E-state index contributed by atoms with van der Waals surface area (Å²) in [5.41, 5.74) is 13.6. The molecule has 1 unspecified atom stereocenters. The third kappa shape index (κ3) is 6.08. The largest absolute Gasteiger partial charge is 0.491 e. The number of benzene rings is 1. The minimum absolute atomic E-state index is 0.278. The Labute approximate surface area is 258 Å². The number of nitrogens with zero attached hydrogens (tertiary/aromatic N) is 5. The summed E-state index contributed by atoms with van der Waals surface area (Å²) in [6.07, 6.45) is 8.82. The van der Waals surface area contributed by atoms with Gasteiger partial charge in [-0.25, -0.2) is 0 Å². The number of aliphatic imine (C=N–C) groups is 1. The van der Waals surface area contributed by atoms with Crippen molar-refractivity contribution in [3.8, 4) is 16.9 Å². The molecule has 0 amide bonds. The molecule has 1 fully saturated rings. The maximum Gasteiger partial charge on any atom is 0.124 e. The highest BCUT2D eigenvalue weighted by atomic mass is 16.5. The molecule has 0 N–H and O–H groups in total. The molecule has 6 nitrogen and oxygen atoms in total. The molecule has 4 heterocycles. The van der Waals surface area contributed by atoms with Crippen molar-refractivity contribution in [2.24, 2.45) is 10.4 Å². The van der Waals surface area contributed by atoms with E-state index >= 15 is 0 Å². The van der Waals surface area contributed by atoms with E-state index in [4.69, 9.17) is 19.7 Å². The van der Waals surface area contributed by atoms with Crippen LogP contribution in [0.4, 0.5) is 11.4 Å². The van der Waals surface area contributed by atoms with Crippen molar-refractivity contribution < 1.29 is 4.74 Å². The normalized spacial score (nSPS) is 19.4. The van der Waals surface area contributed by atoms with Gasteiger partial charge < -0.3 is 9.64 Å². The van der Waals surface area contributed by atoms with E-state index in [1.54, 1.807) is 0 Å². The maximum absolute atomic E-state index is 6.38. The van der Waals surface area contributed by atoms with Gasteiger partial charge in [-0.1, -0.05) is 26.8 Å². The topological polar surface area (TPSA) is 53.9 Å². The van der Waals surface area contributed by atoms with Crippen LogP contribution in [0.5, 0.6) is 5.75 Å². The molecule has 1 aromatic carbocycles. The molecule has 6 rings (SSSR count). The molecule has 2 aliphatic heterocycles. The Balaban J connectivity index is 1.40. The Bertz CT molecular complexity index is 1530. The molecule has 43 heavy (non-hydrogen) atoms. The zero-order chi connectivity index (χ0) is 30.3. The molecular weight excluding hydrogens is 530 g/mol. The summed E-state index contributed by atoms with van der Waals surface area (Å²) in [5, 5.41) is 0.